The molecule has 0 bridgehead atoms. The van der Waals surface area contributed by atoms with Gasteiger partial charge in [-0.05, 0) is 154 Å². The summed E-state index contributed by atoms with van der Waals surface area (Å²) < 4.78 is 0. The Hall–Kier alpha value is -7.28. The minimum Gasteiger partial charge on any atom is -0.0622 e. The summed E-state index contributed by atoms with van der Waals surface area (Å²) in [6.45, 7) is 2.25. The van der Waals surface area contributed by atoms with E-state index in [-0.39, 0.29) is 0 Å². The molecule has 0 atom stereocenters. The van der Waals surface area contributed by atoms with Gasteiger partial charge in [0, 0.05) is 0 Å². The zero-order chi connectivity index (χ0) is 37.8. The fourth-order valence-corrected chi connectivity index (χ4v) is 11.5. The minimum atomic E-state index is 1.04. The molecule has 12 aromatic rings. The highest BCUT2D eigenvalue weighted by Crippen LogP contribution is 2.62. The molecule has 0 saturated carbocycles. The largest absolute Gasteiger partial charge is 0.0622 e. The van der Waals surface area contributed by atoms with Crippen LogP contribution in [0.1, 0.15) is 12.5 Å². The maximum atomic E-state index is 2.46. The van der Waals surface area contributed by atoms with Crippen LogP contribution in [0.15, 0.2) is 176 Å². The molecule has 0 unspecified atom stereocenters. The molecule has 58 heavy (non-hydrogen) atoms. The van der Waals surface area contributed by atoms with Crippen LogP contribution in [0.25, 0.3) is 142 Å². The fraction of sp³-hybridized carbons (Fsp3) is 0.0345. The summed E-state index contributed by atoms with van der Waals surface area (Å²) in [4.78, 5) is 0. The van der Waals surface area contributed by atoms with Crippen molar-refractivity contribution in [1.29, 1.82) is 0 Å². The van der Waals surface area contributed by atoms with Crippen LogP contribution in [0.4, 0.5) is 0 Å². The number of hydrogen-bond acceptors (Lipinski definition) is 0. The molecular formula is C58H34. The average molecular weight is 731 g/mol. The van der Waals surface area contributed by atoms with Crippen molar-refractivity contribution in [3.8, 4) is 66.8 Å². The van der Waals surface area contributed by atoms with Crippen molar-refractivity contribution in [3.63, 3.8) is 0 Å². The van der Waals surface area contributed by atoms with E-state index in [4.69, 9.17) is 0 Å². The summed E-state index contributed by atoms with van der Waals surface area (Å²) in [5.41, 5.74) is 17.4. The molecule has 0 saturated heterocycles. The standard InChI is InChI=1S/C58H34/c1-2-32-21-22-37-40-23-24-41-43-27-29-46-54-47(30-28-44(53(43)54)42-25-26-45(48(37)31-32)51(40)52(41)42)58-50(34-15-7-4-8-16-34)56-39-20-12-10-18-36(39)35-17-9-11-19-38(35)55(56)49(57(46)58)33-13-5-3-6-14-33/h3-31H,2H2,1H3. The van der Waals surface area contributed by atoms with E-state index in [0.29, 0.717) is 0 Å². The molecule has 0 N–H and O–H groups in total. The maximum absolute atomic E-state index is 2.46. The van der Waals surface area contributed by atoms with Crippen molar-refractivity contribution in [2.75, 3.05) is 0 Å². The summed E-state index contributed by atoms with van der Waals surface area (Å²) in [5, 5.41) is 18.8. The molecule has 0 aromatic heterocycles. The van der Waals surface area contributed by atoms with Crippen LogP contribution in [0, 0.1) is 0 Å². The van der Waals surface area contributed by atoms with Gasteiger partial charge in [0.25, 0.3) is 0 Å². The molecule has 2 aliphatic rings. The number of rotatable bonds is 3. The van der Waals surface area contributed by atoms with Crippen molar-refractivity contribution in [3.05, 3.63) is 181 Å². The minimum absolute atomic E-state index is 1.04. The molecule has 12 aromatic carbocycles. The van der Waals surface area contributed by atoms with Crippen LogP contribution in [0.5, 0.6) is 0 Å². The van der Waals surface area contributed by atoms with Crippen molar-refractivity contribution in [2.45, 2.75) is 13.3 Å². The van der Waals surface area contributed by atoms with Crippen molar-refractivity contribution in [1.82, 2.24) is 0 Å². The molecule has 2 aliphatic carbocycles. The predicted molar refractivity (Wildman–Crippen MR) is 249 cm³/mol. The Bertz CT molecular complexity index is 3610. The van der Waals surface area contributed by atoms with Crippen molar-refractivity contribution < 1.29 is 0 Å². The molecule has 14 rings (SSSR count). The monoisotopic (exact) mass is 730 g/mol. The number of hydrogen-bond donors (Lipinski definition) is 0. The molecule has 0 spiro atoms. The van der Waals surface area contributed by atoms with Crippen LogP contribution >= 0.6 is 0 Å². The lowest BCUT2D eigenvalue weighted by Gasteiger charge is -2.23. The summed E-state index contributed by atoms with van der Waals surface area (Å²) in [5.74, 6) is 0. The van der Waals surface area contributed by atoms with Gasteiger partial charge in [-0.15, -0.1) is 0 Å². The second-order valence-electron chi connectivity index (χ2n) is 16.4. The summed E-state index contributed by atoms with van der Waals surface area (Å²) in [6.07, 6.45) is 1.04. The van der Waals surface area contributed by atoms with E-state index in [0.717, 1.165) is 6.42 Å². The summed E-state index contributed by atoms with van der Waals surface area (Å²) in [7, 11) is 0. The van der Waals surface area contributed by atoms with Crippen LogP contribution in [-0.4, -0.2) is 0 Å². The quantitative estimate of drug-likeness (QED) is 0.125. The van der Waals surface area contributed by atoms with Gasteiger partial charge in [0.2, 0.25) is 0 Å². The molecule has 0 aliphatic heterocycles. The summed E-state index contributed by atoms with van der Waals surface area (Å²) in [6, 6.07) is 67.1. The van der Waals surface area contributed by atoms with Crippen molar-refractivity contribution in [2.24, 2.45) is 0 Å². The molecule has 0 radical (unpaired) electrons. The predicted octanol–water partition coefficient (Wildman–Crippen LogP) is 16.4. The molecule has 0 fully saturated rings. The Morgan fingerprint density at radius 1 is 0.259 bits per heavy atom. The maximum Gasteiger partial charge on any atom is -0.000717 e. The van der Waals surface area contributed by atoms with E-state index in [1.165, 1.54) is 148 Å². The fourth-order valence-electron chi connectivity index (χ4n) is 11.5. The highest BCUT2D eigenvalue weighted by molar-refractivity contribution is 6.43. The first kappa shape index (κ1) is 30.9. The third-order valence-electron chi connectivity index (χ3n) is 13.8. The number of aryl methyl sites for hydroxylation is 1. The van der Waals surface area contributed by atoms with Gasteiger partial charge < -0.3 is 0 Å². The Morgan fingerprint density at radius 2 is 0.638 bits per heavy atom. The highest BCUT2D eigenvalue weighted by atomic mass is 14.4. The van der Waals surface area contributed by atoms with Gasteiger partial charge in [-0.3, -0.25) is 0 Å². The SMILES string of the molecule is CCc1ccc2c(c1)-c1ccc3c4ccc5c6c(ccc(c7ccc-2c1c73)c64)-c1c-5c(-c2ccccc2)c2c3ccccc3c3ccccc3c2c1-c1ccccc1. The van der Waals surface area contributed by atoms with E-state index >= 15 is 0 Å². The van der Waals surface area contributed by atoms with Gasteiger partial charge in [-0.25, -0.2) is 0 Å². The highest BCUT2D eigenvalue weighted by Gasteiger charge is 2.34. The van der Waals surface area contributed by atoms with Crippen LogP contribution in [0.2, 0.25) is 0 Å². The zero-order valence-electron chi connectivity index (χ0n) is 32.0. The molecule has 0 nitrogen and oxygen atoms in total. The Kier molecular flexibility index (Phi) is 5.84. The van der Waals surface area contributed by atoms with Crippen LogP contribution in [0.3, 0.4) is 0 Å². The van der Waals surface area contributed by atoms with Crippen LogP contribution < -0.4 is 0 Å². The summed E-state index contributed by atoms with van der Waals surface area (Å²) >= 11 is 0. The lowest BCUT2D eigenvalue weighted by atomic mass is 9.79. The van der Waals surface area contributed by atoms with Crippen molar-refractivity contribution >= 4 is 75.4 Å². The van der Waals surface area contributed by atoms with E-state index in [9.17, 15) is 0 Å². The van der Waals surface area contributed by atoms with Gasteiger partial charge >= 0.3 is 0 Å². The first-order valence-electron chi connectivity index (χ1n) is 20.7. The zero-order valence-corrected chi connectivity index (χ0v) is 32.0. The van der Waals surface area contributed by atoms with Gasteiger partial charge in [0.15, 0.2) is 0 Å². The lowest BCUT2D eigenvalue weighted by Crippen LogP contribution is -1.96. The Morgan fingerprint density at radius 3 is 1.12 bits per heavy atom. The molecule has 0 amide bonds. The number of fused-ring (bicyclic) bond motifs is 14. The second kappa shape index (κ2) is 11.0. The molecule has 266 valence electrons. The topological polar surface area (TPSA) is 0 Å². The van der Waals surface area contributed by atoms with E-state index in [1.54, 1.807) is 0 Å². The third kappa shape index (κ3) is 3.68. The average Bonchev–Trinajstić information content (AvgIpc) is 3.81. The molecule has 0 heteroatoms. The normalized spacial score (nSPS) is 12.6. The van der Waals surface area contributed by atoms with Gasteiger partial charge in [-0.1, -0.05) is 183 Å². The van der Waals surface area contributed by atoms with Gasteiger partial charge in [0.05, 0.1) is 0 Å². The smallest absolute Gasteiger partial charge is 0.000717 e. The van der Waals surface area contributed by atoms with Gasteiger partial charge in [0.1, 0.15) is 0 Å². The lowest BCUT2D eigenvalue weighted by molar-refractivity contribution is 1.14. The Balaban J connectivity index is 1.20. The van der Waals surface area contributed by atoms with Gasteiger partial charge in [-0.2, -0.15) is 0 Å². The first-order chi connectivity index (χ1) is 28.8. The van der Waals surface area contributed by atoms with E-state index < -0.39 is 0 Å². The second-order valence-corrected chi connectivity index (χ2v) is 16.4. The molecular weight excluding hydrogens is 697 g/mol. The van der Waals surface area contributed by atoms with E-state index in [1.807, 2.05) is 0 Å². The Labute approximate surface area is 335 Å². The third-order valence-corrected chi connectivity index (χ3v) is 13.8. The first-order valence-corrected chi connectivity index (χ1v) is 20.7. The molecule has 0 heterocycles. The van der Waals surface area contributed by atoms with Crippen LogP contribution in [-0.2, 0) is 6.42 Å². The number of benzene rings is 12. The van der Waals surface area contributed by atoms with E-state index in [2.05, 4.69) is 183 Å².